The number of aromatic nitrogens is 2. The Kier molecular flexibility index (Phi) is 6.18. The number of nitrogens with zero attached hydrogens (tertiary/aromatic N) is 4. The number of anilines is 2. The molecule has 0 aliphatic carbocycles. The second-order valence-electron chi connectivity index (χ2n) is 8.23. The number of nitrogens with one attached hydrogen (secondary N) is 1. The number of carbonyl (C=O) groups excluding carboxylic acids is 2. The van der Waals surface area contributed by atoms with E-state index in [1.165, 1.54) is 9.80 Å². The van der Waals surface area contributed by atoms with Crippen molar-refractivity contribution in [2.45, 2.75) is 39.7 Å². The fourth-order valence-electron chi connectivity index (χ4n) is 4.36. The van der Waals surface area contributed by atoms with E-state index < -0.39 is 0 Å². The number of hydrogen-bond donors (Lipinski definition) is 1. The van der Waals surface area contributed by atoms with E-state index >= 15 is 0 Å². The number of amides is 2. The molecule has 2 aliphatic heterocycles. The van der Waals surface area contributed by atoms with Crippen molar-refractivity contribution in [2.24, 2.45) is 0 Å². The van der Waals surface area contributed by atoms with Gasteiger partial charge >= 0.3 is 0 Å². The molecule has 164 valence electrons. The van der Waals surface area contributed by atoms with E-state index in [1.54, 1.807) is 12.1 Å². The van der Waals surface area contributed by atoms with Gasteiger partial charge in [0.15, 0.2) is 6.04 Å². The number of benzene rings is 1. The third-order valence-electron chi connectivity index (χ3n) is 5.89. The second kappa shape index (κ2) is 9.01. The SMILES string of the molecule is CCCOc1ccc(N2C(=O)C[C@@H]([NH+]3CCN(c4cc(C)nc(C)n4)CC3)C2=O)cc1. The van der Waals surface area contributed by atoms with Crippen molar-refractivity contribution in [1.82, 2.24) is 9.97 Å². The van der Waals surface area contributed by atoms with Gasteiger partial charge in [-0.2, -0.15) is 0 Å². The molecule has 2 aromatic rings. The number of quaternary nitrogens is 1. The zero-order valence-electron chi connectivity index (χ0n) is 18.4. The lowest BCUT2D eigenvalue weighted by atomic mass is 10.1. The Hall–Kier alpha value is -3.00. The van der Waals surface area contributed by atoms with Crippen LogP contribution in [0.25, 0.3) is 0 Å². The highest BCUT2D eigenvalue weighted by molar-refractivity contribution is 6.21. The summed E-state index contributed by atoms with van der Waals surface area (Å²) in [5.41, 5.74) is 1.57. The fourth-order valence-corrected chi connectivity index (χ4v) is 4.36. The highest BCUT2D eigenvalue weighted by atomic mass is 16.5. The minimum absolute atomic E-state index is 0.107. The lowest BCUT2D eigenvalue weighted by Crippen LogP contribution is -3.19. The van der Waals surface area contributed by atoms with Gasteiger partial charge in [0.25, 0.3) is 5.91 Å². The molecule has 2 aliphatic rings. The lowest BCUT2D eigenvalue weighted by Gasteiger charge is -2.35. The molecule has 1 aromatic carbocycles. The predicted octanol–water partition coefficient (Wildman–Crippen LogP) is 0.919. The summed E-state index contributed by atoms with van der Waals surface area (Å²) >= 11 is 0. The Balaban J connectivity index is 1.40. The Morgan fingerprint density at radius 3 is 2.45 bits per heavy atom. The summed E-state index contributed by atoms with van der Waals surface area (Å²) < 4.78 is 5.60. The van der Waals surface area contributed by atoms with Gasteiger partial charge < -0.3 is 14.5 Å². The lowest BCUT2D eigenvalue weighted by molar-refractivity contribution is -0.915. The van der Waals surface area contributed by atoms with Crippen molar-refractivity contribution in [1.29, 1.82) is 0 Å². The van der Waals surface area contributed by atoms with Crippen LogP contribution in [-0.2, 0) is 9.59 Å². The molecule has 8 heteroatoms. The number of rotatable bonds is 6. The van der Waals surface area contributed by atoms with E-state index in [-0.39, 0.29) is 24.3 Å². The molecule has 0 saturated carbocycles. The molecule has 0 bridgehead atoms. The quantitative estimate of drug-likeness (QED) is 0.695. The number of hydrogen-bond acceptors (Lipinski definition) is 6. The number of imide groups is 1. The minimum atomic E-state index is -0.320. The van der Waals surface area contributed by atoms with Crippen molar-refractivity contribution in [3.05, 3.63) is 41.9 Å². The average molecular weight is 425 g/mol. The van der Waals surface area contributed by atoms with Crippen LogP contribution in [0.5, 0.6) is 5.75 Å². The molecule has 1 N–H and O–H groups in total. The molecule has 0 unspecified atom stereocenters. The summed E-state index contributed by atoms with van der Waals surface area (Å²) in [6, 6.07) is 8.89. The van der Waals surface area contributed by atoms with Gasteiger partial charge in [0, 0.05) is 11.8 Å². The molecule has 1 aromatic heterocycles. The molecule has 1 atom stereocenters. The molecule has 31 heavy (non-hydrogen) atoms. The number of carbonyl (C=O) groups is 2. The van der Waals surface area contributed by atoms with E-state index in [2.05, 4.69) is 14.9 Å². The first-order valence-electron chi connectivity index (χ1n) is 11.0. The molecule has 8 nitrogen and oxygen atoms in total. The number of piperazine rings is 1. The number of ether oxygens (including phenoxy) is 1. The molecular weight excluding hydrogens is 394 g/mol. The Morgan fingerprint density at radius 1 is 1.10 bits per heavy atom. The van der Waals surface area contributed by atoms with Gasteiger partial charge in [-0.05, 0) is 44.5 Å². The first kappa shape index (κ1) is 21.2. The van der Waals surface area contributed by atoms with Crippen LogP contribution in [0.2, 0.25) is 0 Å². The Morgan fingerprint density at radius 2 is 1.81 bits per heavy atom. The van der Waals surface area contributed by atoms with Crippen molar-refractivity contribution >= 4 is 23.3 Å². The molecular formula is C23H30N5O3+. The van der Waals surface area contributed by atoms with Crippen LogP contribution in [-0.4, -0.2) is 60.6 Å². The van der Waals surface area contributed by atoms with Crippen LogP contribution in [0, 0.1) is 13.8 Å². The van der Waals surface area contributed by atoms with Gasteiger partial charge in [-0.15, -0.1) is 0 Å². The summed E-state index contributed by atoms with van der Waals surface area (Å²) in [7, 11) is 0. The molecule has 0 radical (unpaired) electrons. The minimum Gasteiger partial charge on any atom is -0.494 e. The van der Waals surface area contributed by atoms with E-state index in [1.807, 2.05) is 39.0 Å². The topological polar surface area (TPSA) is 80.1 Å². The van der Waals surface area contributed by atoms with Crippen LogP contribution in [0.4, 0.5) is 11.5 Å². The van der Waals surface area contributed by atoms with Crippen molar-refractivity contribution in [2.75, 3.05) is 42.6 Å². The molecule has 2 amide bonds. The van der Waals surface area contributed by atoms with Crippen molar-refractivity contribution in [3.8, 4) is 5.75 Å². The zero-order chi connectivity index (χ0) is 22.0. The third kappa shape index (κ3) is 4.54. The van der Waals surface area contributed by atoms with Crippen LogP contribution < -0.4 is 19.4 Å². The summed E-state index contributed by atoms with van der Waals surface area (Å²) in [6.45, 7) is 9.75. The zero-order valence-corrected chi connectivity index (χ0v) is 18.4. The van der Waals surface area contributed by atoms with Gasteiger partial charge in [-0.1, -0.05) is 6.92 Å². The normalized spacial score (nSPS) is 19.9. The van der Waals surface area contributed by atoms with Gasteiger partial charge in [0.05, 0.1) is 44.9 Å². The van der Waals surface area contributed by atoms with Crippen LogP contribution >= 0.6 is 0 Å². The van der Waals surface area contributed by atoms with Crippen molar-refractivity contribution in [3.63, 3.8) is 0 Å². The van der Waals surface area contributed by atoms with E-state index in [0.29, 0.717) is 12.3 Å². The molecule has 4 rings (SSSR count). The van der Waals surface area contributed by atoms with Crippen LogP contribution in [0.15, 0.2) is 30.3 Å². The average Bonchev–Trinajstić information content (AvgIpc) is 3.06. The van der Waals surface area contributed by atoms with Gasteiger partial charge in [-0.3, -0.25) is 9.59 Å². The Bertz CT molecular complexity index is 934. The maximum absolute atomic E-state index is 13.1. The first-order valence-corrected chi connectivity index (χ1v) is 11.0. The van der Waals surface area contributed by atoms with Gasteiger partial charge in [-0.25, -0.2) is 14.9 Å². The summed E-state index contributed by atoms with van der Waals surface area (Å²) in [5, 5.41) is 0. The monoisotopic (exact) mass is 424 g/mol. The summed E-state index contributed by atoms with van der Waals surface area (Å²) in [6.07, 6.45) is 1.19. The largest absolute Gasteiger partial charge is 0.494 e. The highest BCUT2D eigenvalue weighted by Crippen LogP contribution is 2.25. The maximum Gasteiger partial charge on any atom is 0.292 e. The molecule has 2 saturated heterocycles. The standard InChI is InChI=1S/C23H29N5O3/c1-4-13-31-19-7-5-18(6-8-19)28-22(29)15-20(23(28)30)26-9-11-27(12-10-26)21-14-16(2)24-17(3)25-21/h5-8,14,20H,4,9-13,15H2,1-3H3/p+1/t20-/m1/s1. The Labute approximate surface area is 182 Å². The van der Waals surface area contributed by atoms with Crippen LogP contribution in [0.3, 0.4) is 0 Å². The summed E-state index contributed by atoms with van der Waals surface area (Å²) in [4.78, 5) is 39.5. The molecule has 3 heterocycles. The third-order valence-corrected chi connectivity index (χ3v) is 5.89. The molecule has 0 spiro atoms. The number of aryl methyl sites for hydroxylation is 2. The summed E-state index contributed by atoms with van der Waals surface area (Å²) in [5.74, 6) is 2.21. The smallest absolute Gasteiger partial charge is 0.292 e. The van der Waals surface area contributed by atoms with Crippen LogP contribution in [0.1, 0.15) is 31.3 Å². The first-order chi connectivity index (χ1) is 15.0. The fraction of sp³-hybridized carbons (Fsp3) is 0.478. The second-order valence-corrected chi connectivity index (χ2v) is 8.23. The van der Waals surface area contributed by atoms with Gasteiger partial charge in [0.1, 0.15) is 17.4 Å². The van der Waals surface area contributed by atoms with E-state index in [9.17, 15) is 9.59 Å². The molecule has 2 fully saturated rings. The highest BCUT2D eigenvalue weighted by Gasteiger charge is 2.46. The van der Waals surface area contributed by atoms with E-state index in [4.69, 9.17) is 4.74 Å². The van der Waals surface area contributed by atoms with Gasteiger partial charge in [0.2, 0.25) is 5.91 Å². The predicted molar refractivity (Wildman–Crippen MR) is 118 cm³/mol. The maximum atomic E-state index is 13.1. The van der Waals surface area contributed by atoms with E-state index in [0.717, 1.165) is 55.7 Å². The van der Waals surface area contributed by atoms with Crippen molar-refractivity contribution < 1.29 is 19.2 Å².